The topological polar surface area (TPSA) is 0 Å². The van der Waals surface area contributed by atoms with Crippen molar-refractivity contribution in [3.05, 3.63) is 0 Å². The molecule has 0 heterocycles. The number of hydrogen-bond acceptors (Lipinski definition) is 0. The fraction of sp³-hybridized carbons (Fsp3) is 1.00. The van der Waals surface area contributed by atoms with Gasteiger partial charge in [-0.25, -0.2) is 0 Å². The Morgan fingerprint density at radius 1 is 1.07 bits per heavy atom. The highest BCUT2D eigenvalue weighted by atomic mass is 14.3. The Kier molecular flexibility index (Phi) is 5.59. The van der Waals surface area contributed by atoms with E-state index in [0.717, 1.165) is 17.8 Å². The highest BCUT2D eigenvalue weighted by Gasteiger charge is 2.25. The maximum absolute atomic E-state index is 2.49. The van der Waals surface area contributed by atoms with Gasteiger partial charge in [0.1, 0.15) is 0 Å². The molecular weight excluding hydrogens is 168 g/mol. The molecule has 0 spiro atoms. The predicted octanol–water partition coefficient (Wildman–Crippen LogP) is 5.03. The summed E-state index contributed by atoms with van der Waals surface area (Å²) in [6.07, 6.45) is 11.7. The lowest BCUT2D eigenvalue weighted by atomic mass is 9.76. The van der Waals surface area contributed by atoms with E-state index >= 15 is 0 Å². The van der Waals surface area contributed by atoms with Gasteiger partial charge in [-0.3, -0.25) is 0 Å². The van der Waals surface area contributed by atoms with Crippen LogP contribution in [-0.2, 0) is 0 Å². The Labute approximate surface area is 90.5 Å². The van der Waals surface area contributed by atoms with Crippen LogP contribution in [0.5, 0.6) is 0 Å². The van der Waals surface area contributed by atoms with Crippen LogP contribution in [0, 0.1) is 17.8 Å². The van der Waals surface area contributed by atoms with E-state index in [1.54, 1.807) is 0 Å². The van der Waals surface area contributed by atoms with Gasteiger partial charge in [0.2, 0.25) is 0 Å². The molecule has 1 saturated carbocycles. The van der Waals surface area contributed by atoms with Gasteiger partial charge >= 0.3 is 0 Å². The van der Waals surface area contributed by atoms with Crippen LogP contribution in [0.4, 0.5) is 0 Å². The monoisotopic (exact) mass is 196 g/mol. The molecule has 0 saturated heterocycles. The molecule has 0 bridgehead atoms. The molecule has 1 aliphatic carbocycles. The van der Waals surface area contributed by atoms with E-state index in [1.165, 1.54) is 51.4 Å². The second-order valence-corrected chi connectivity index (χ2v) is 5.24. The minimum Gasteiger partial charge on any atom is -0.0654 e. The van der Waals surface area contributed by atoms with Crippen LogP contribution < -0.4 is 0 Å². The highest BCUT2D eigenvalue weighted by molar-refractivity contribution is 4.76. The van der Waals surface area contributed by atoms with Crippen molar-refractivity contribution in [1.29, 1.82) is 0 Å². The van der Waals surface area contributed by atoms with E-state index in [0.29, 0.717) is 0 Å². The van der Waals surface area contributed by atoms with E-state index in [9.17, 15) is 0 Å². The molecule has 0 aromatic rings. The minimum atomic E-state index is 0.994. The normalized spacial score (nSPS) is 31.1. The van der Waals surface area contributed by atoms with Crippen molar-refractivity contribution in [3.63, 3.8) is 0 Å². The van der Waals surface area contributed by atoms with E-state index in [-0.39, 0.29) is 0 Å². The van der Waals surface area contributed by atoms with Gasteiger partial charge in [-0.05, 0) is 24.2 Å². The zero-order chi connectivity index (χ0) is 10.4. The quantitative estimate of drug-likeness (QED) is 0.553. The van der Waals surface area contributed by atoms with Crippen molar-refractivity contribution < 1.29 is 0 Å². The second-order valence-electron chi connectivity index (χ2n) is 5.24. The molecule has 0 amide bonds. The van der Waals surface area contributed by atoms with E-state index in [4.69, 9.17) is 0 Å². The van der Waals surface area contributed by atoms with Crippen molar-refractivity contribution in [2.75, 3.05) is 0 Å². The fourth-order valence-electron chi connectivity index (χ4n) is 3.31. The third-order valence-corrected chi connectivity index (χ3v) is 4.22. The van der Waals surface area contributed by atoms with Gasteiger partial charge in [-0.1, -0.05) is 65.7 Å². The van der Waals surface area contributed by atoms with Crippen molar-refractivity contribution in [2.24, 2.45) is 17.8 Å². The van der Waals surface area contributed by atoms with Crippen molar-refractivity contribution >= 4 is 0 Å². The smallest absolute Gasteiger partial charge is 0.0360 e. The molecule has 3 unspecified atom stereocenters. The Morgan fingerprint density at radius 3 is 2.43 bits per heavy atom. The van der Waals surface area contributed by atoms with Gasteiger partial charge in [0.05, 0.1) is 0 Å². The summed E-state index contributed by atoms with van der Waals surface area (Å²) in [5.74, 6) is 3.06. The SMILES string of the molecule is CCCC(CC)C1CCCCCC1C. The maximum Gasteiger partial charge on any atom is -0.0360 e. The summed E-state index contributed by atoms with van der Waals surface area (Å²) >= 11 is 0. The maximum atomic E-state index is 2.49. The summed E-state index contributed by atoms with van der Waals surface area (Å²) in [5, 5.41) is 0. The fourth-order valence-corrected chi connectivity index (χ4v) is 3.31. The Hall–Kier alpha value is 0. The van der Waals surface area contributed by atoms with Crippen molar-refractivity contribution in [1.82, 2.24) is 0 Å². The molecule has 0 nitrogen and oxygen atoms in total. The first-order chi connectivity index (χ1) is 6.79. The summed E-state index contributed by atoms with van der Waals surface area (Å²) in [7, 11) is 0. The molecule has 0 aromatic heterocycles. The molecule has 0 N–H and O–H groups in total. The molecule has 1 aliphatic rings. The lowest BCUT2D eigenvalue weighted by Crippen LogP contribution is -2.20. The van der Waals surface area contributed by atoms with Gasteiger partial charge in [0.25, 0.3) is 0 Å². The molecule has 0 radical (unpaired) electrons. The molecule has 3 atom stereocenters. The third-order valence-electron chi connectivity index (χ3n) is 4.22. The van der Waals surface area contributed by atoms with Crippen LogP contribution in [0.25, 0.3) is 0 Å². The summed E-state index contributed by atoms with van der Waals surface area (Å²) in [4.78, 5) is 0. The average molecular weight is 196 g/mol. The highest BCUT2D eigenvalue weighted by Crippen LogP contribution is 2.37. The standard InChI is InChI=1S/C14H28/c1-4-9-13(5-2)14-11-8-6-7-10-12(14)3/h12-14H,4-11H2,1-3H3. The first-order valence-corrected chi connectivity index (χ1v) is 6.79. The van der Waals surface area contributed by atoms with Gasteiger partial charge in [0, 0.05) is 0 Å². The number of rotatable bonds is 4. The first kappa shape index (κ1) is 12.1. The zero-order valence-electron chi connectivity index (χ0n) is 10.4. The van der Waals surface area contributed by atoms with Crippen LogP contribution in [0.15, 0.2) is 0 Å². The molecule has 1 rings (SSSR count). The molecule has 1 fully saturated rings. The Morgan fingerprint density at radius 2 is 1.79 bits per heavy atom. The van der Waals surface area contributed by atoms with Gasteiger partial charge in [0.15, 0.2) is 0 Å². The zero-order valence-corrected chi connectivity index (χ0v) is 10.4. The molecular formula is C14H28. The molecule has 0 aromatic carbocycles. The number of hydrogen-bond donors (Lipinski definition) is 0. The molecule has 14 heavy (non-hydrogen) atoms. The summed E-state index contributed by atoms with van der Waals surface area (Å²) < 4.78 is 0. The summed E-state index contributed by atoms with van der Waals surface area (Å²) in [5.41, 5.74) is 0. The van der Waals surface area contributed by atoms with Crippen LogP contribution in [0.2, 0.25) is 0 Å². The molecule has 0 aliphatic heterocycles. The van der Waals surface area contributed by atoms with Crippen LogP contribution in [-0.4, -0.2) is 0 Å². The van der Waals surface area contributed by atoms with E-state index in [1.807, 2.05) is 0 Å². The summed E-state index contributed by atoms with van der Waals surface area (Å²) in [6, 6.07) is 0. The van der Waals surface area contributed by atoms with Gasteiger partial charge < -0.3 is 0 Å². The average Bonchev–Trinajstić information content (AvgIpc) is 2.40. The predicted molar refractivity (Wildman–Crippen MR) is 64.4 cm³/mol. The first-order valence-electron chi connectivity index (χ1n) is 6.79. The summed E-state index contributed by atoms with van der Waals surface area (Å²) in [6.45, 7) is 7.22. The largest absolute Gasteiger partial charge is 0.0654 e. The lowest BCUT2D eigenvalue weighted by molar-refractivity contribution is 0.207. The van der Waals surface area contributed by atoms with Crippen molar-refractivity contribution in [3.8, 4) is 0 Å². The lowest BCUT2D eigenvalue weighted by Gasteiger charge is -2.29. The van der Waals surface area contributed by atoms with Gasteiger partial charge in [-0.15, -0.1) is 0 Å². The third kappa shape index (κ3) is 3.29. The van der Waals surface area contributed by atoms with E-state index in [2.05, 4.69) is 20.8 Å². The van der Waals surface area contributed by atoms with Crippen LogP contribution >= 0.6 is 0 Å². The molecule has 84 valence electrons. The molecule has 0 heteroatoms. The Bertz CT molecular complexity index is 139. The van der Waals surface area contributed by atoms with Crippen molar-refractivity contribution in [2.45, 2.75) is 72.1 Å². The minimum absolute atomic E-state index is 0.994. The Balaban J connectivity index is 2.51. The van der Waals surface area contributed by atoms with Crippen LogP contribution in [0.3, 0.4) is 0 Å². The van der Waals surface area contributed by atoms with Gasteiger partial charge in [-0.2, -0.15) is 0 Å². The second kappa shape index (κ2) is 6.48. The van der Waals surface area contributed by atoms with Crippen LogP contribution in [0.1, 0.15) is 72.1 Å². The van der Waals surface area contributed by atoms with E-state index < -0.39 is 0 Å².